The van der Waals surface area contributed by atoms with Crippen molar-refractivity contribution in [1.29, 1.82) is 0 Å². The van der Waals surface area contributed by atoms with Crippen molar-refractivity contribution < 1.29 is 9.15 Å². The smallest absolute Gasteiger partial charge is 0.227 e. The maximum atomic E-state index is 6.09. The van der Waals surface area contributed by atoms with E-state index in [0.29, 0.717) is 34.7 Å². The average Bonchev–Trinajstić information content (AvgIpc) is 2.86. The number of rotatable bonds is 6. The number of ether oxygens (including phenoxy) is 1. The minimum atomic E-state index is 0.469. The van der Waals surface area contributed by atoms with Gasteiger partial charge in [-0.05, 0) is 18.2 Å². The van der Waals surface area contributed by atoms with Gasteiger partial charge in [-0.2, -0.15) is 0 Å². The molecule has 2 rings (SSSR count). The van der Waals surface area contributed by atoms with E-state index in [4.69, 9.17) is 32.4 Å². The van der Waals surface area contributed by atoms with Crippen LogP contribution >= 0.6 is 23.2 Å². The lowest BCUT2D eigenvalue weighted by Crippen LogP contribution is -2.18. The predicted molar refractivity (Wildman–Crippen MR) is 75.5 cm³/mol. The highest BCUT2D eigenvalue weighted by molar-refractivity contribution is 6.35. The van der Waals surface area contributed by atoms with Crippen LogP contribution in [0.2, 0.25) is 10.0 Å². The summed E-state index contributed by atoms with van der Waals surface area (Å²) in [7, 11) is 1.66. The minimum Gasteiger partial charge on any atom is -0.444 e. The van der Waals surface area contributed by atoms with Gasteiger partial charge in [-0.1, -0.05) is 23.2 Å². The lowest BCUT2D eigenvalue weighted by molar-refractivity contribution is 0.199. The van der Waals surface area contributed by atoms with Crippen LogP contribution in [0.15, 0.2) is 28.9 Å². The molecule has 0 saturated carbocycles. The molecule has 0 bridgehead atoms. The summed E-state index contributed by atoms with van der Waals surface area (Å²) in [6.45, 7) is 2.03. The number of methoxy groups -OCH3 is 1. The molecule has 0 aliphatic heterocycles. The zero-order valence-corrected chi connectivity index (χ0v) is 12.0. The number of nitrogens with one attached hydrogen (secondary N) is 1. The fraction of sp³-hybridized carbons (Fsp3) is 0.308. The number of oxazole rings is 1. The molecule has 1 heterocycles. The average molecular weight is 301 g/mol. The number of halogens is 2. The molecule has 1 N–H and O–H groups in total. The molecule has 4 nitrogen and oxygen atoms in total. The Kier molecular flexibility index (Phi) is 5.22. The van der Waals surface area contributed by atoms with Crippen molar-refractivity contribution in [2.45, 2.75) is 6.54 Å². The zero-order valence-electron chi connectivity index (χ0n) is 10.5. The summed E-state index contributed by atoms with van der Waals surface area (Å²) in [6, 6.07) is 5.18. The summed E-state index contributed by atoms with van der Waals surface area (Å²) < 4.78 is 10.4. The fourth-order valence-electron chi connectivity index (χ4n) is 1.56. The molecule has 0 radical (unpaired) electrons. The fourth-order valence-corrected chi connectivity index (χ4v) is 1.93. The second-order valence-corrected chi connectivity index (χ2v) is 4.78. The van der Waals surface area contributed by atoms with Gasteiger partial charge in [-0.25, -0.2) is 4.98 Å². The van der Waals surface area contributed by atoms with E-state index in [1.54, 1.807) is 31.6 Å². The predicted octanol–water partition coefficient (Wildman–Crippen LogP) is 3.38. The number of benzene rings is 1. The Bertz CT molecular complexity index is 543. The molecule has 0 fully saturated rings. The molecule has 19 heavy (non-hydrogen) atoms. The molecule has 102 valence electrons. The van der Waals surface area contributed by atoms with Gasteiger partial charge in [0.1, 0.15) is 6.26 Å². The van der Waals surface area contributed by atoms with E-state index in [1.807, 2.05) is 0 Å². The third-order valence-corrected chi connectivity index (χ3v) is 3.06. The van der Waals surface area contributed by atoms with Crippen LogP contribution in [-0.4, -0.2) is 25.2 Å². The van der Waals surface area contributed by atoms with E-state index >= 15 is 0 Å². The van der Waals surface area contributed by atoms with Crippen LogP contribution < -0.4 is 5.32 Å². The molecular formula is C13H14Cl2N2O2. The Labute approximate surface area is 121 Å². The first-order valence-electron chi connectivity index (χ1n) is 5.80. The van der Waals surface area contributed by atoms with E-state index in [9.17, 15) is 0 Å². The van der Waals surface area contributed by atoms with Crippen LogP contribution in [0.4, 0.5) is 0 Å². The molecule has 0 saturated heterocycles. The van der Waals surface area contributed by atoms with Crippen molar-refractivity contribution in [1.82, 2.24) is 10.3 Å². The van der Waals surface area contributed by atoms with Gasteiger partial charge in [0.2, 0.25) is 5.89 Å². The molecule has 0 spiro atoms. The molecule has 0 unspecified atom stereocenters. The highest BCUT2D eigenvalue weighted by Gasteiger charge is 2.11. The van der Waals surface area contributed by atoms with Crippen LogP contribution in [-0.2, 0) is 11.3 Å². The first-order valence-corrected chi connectivity index (χ1v) is 6.56. The van der Waals surface area contributed by atoms with Gasteiger partial charge in [-0.15, -0.1) is 0 Å². The highest BCUT2D eigenvalue weighted by Crippen LogP contribution is 2.29. The van der Waals surface area contributed by atoms with Crippen molar-refractivity contribution in [2.24, 2.45) is 0 Å². The van der Waals surface area contributed by atoms with Crippen molar-refractivity contribution in [3.05, 3.63) is 40.2 Å². The largest absolute Gasteiger partial charge is 0.444 e. The summed E-state index contributed by atoms with van der Waals surface area (Å²) in [6.07, 6.45) is 1.60. The number of hydrogen-bond acceptors (Lipinski definition) is 4. The molecule has 0 atom stereocenters. The van der Waals surface area contributed by atoms with Gasteiger partial charge < -0.3 is 14.5 Å². The molecule has 1 aromatic heterocycles. The number of hydrogen-bond donors (Lipinski definition) is 1. The standard InChI is InChI=1S/C13H14Cl2N2O2/c1-18-5-4-16-7-10-8-19-13(17-10)11-6-9(14)2-3-12(11)15/h2-3,6,8,16H,4-5,7H2,1H3. The first-order chi connectivity index (χ1) is 9.20. The van der Waals surface area contributed by atoms with Gasteiger partial charge in [0, 0.05) is 25.2 Å². The Morgan fingerprint density at radius 2 is 2.21 bits per heavy atom. The maximum absolute atomic E-state index is 6.09. The van der Waals surface area contributed by atoms with Gasteiger partial charge in [0.25, 0.3) is 0 Å². The quantitative estimate of drug-likeness (QED) is 0.831. The first kappa shape index (κ1) is 14.3. The van der Waals surface area contributed by atoms with E-state index in [0.717, 1.165) is 12.2 Å². The van der Waals surface area contributed by atoms with Crippen molar-refractivity contribution in [2.75, 3.05) is 20.3 Å². The van der Waals surface area contributed by atoms with Crippen molar-refractivity contribution in [3.8, 4) is 11.5 Å². The summed E-state index contributed by atoms with van der Waals surface area (Å²) in [5.41, 5.74) is 1.50. The molecule has 2 aromatic rings. The monoisotopic (exact) mass is 300 g/mol. The second kappa shape index (κ2) is 6.91. The third kappa shape index (κ3) is 3.94. The topological polar surface area (TPSA) is 47.3 Å². The highest BCUT2D eigenvalue weighted by atomic mass is 35.5. The van der Waals surface area contributed by atoms with Crippen LogP contribution in [0.25, 0.3) is 11.5 Å². The summed E-state index contributed by atoms with van der Waals surface area (Å²) >= 11 is 12.0. The lowest BCUT2D eigenvalue weighted by atomic mass is 10.2. The van der Waals surface area contributed by atoms with E-state index in [-0.39, 0.29) is 0 Å². The van der Waals surface area contributed by atoms with Crippen LogP contribution in [0.1, 0.15) is 5.69 Å². The molecular weight excluding hydrogens is 287 g/mol. The van der Waals surface area contributed by atoms with E-state index in [2.05, 4.69) is 10.3 Å². The third-order valence-electron chi connectivity index (χ3n) is 2.50. The maximum Gasteiger partial charge on any atom is 0.227 e. The number of nitrogens with zero attached hydrogens (tertiary/aromatic N) is 1. The van der Waals surface area contributed by atoms with Crippen LogP contribution in [0.5, 0.6) is 0 Å². The van der Waals surface area contributed by atoms with E-state index < -0.39 is 0 Å². The van der Waals surface area contributed by atoms with Crippen LogP contribution in [0.3, 0.4) is 0 Å². The lowest BCUT2D eigenvalue weighted by Gasteiger charge is -2.00. The van der Waals surface area contributed by atoms with Gasteiger partial charge in [-0.3, -0.25) is 0 Å². The molecule has 0 amide bonds. The molecule has 1 aromatic carbocycles. The summed E-state index contributed by atoms with van der Waals surface area (Å²) in [5.74, 6) is 0.469. The Hall–Kier alpha value is -1.07. The minimum absolute atomic E-state index is 0.469. The Balaban J connectivity index is 2.06. The second-order valence-electron chi connectivity index (χ2n) is 3.94. The molecule has 6 heteroatoms. The van der Waals surface area contributed by atoms with Crippen molar-refractivity contribution in [3.63, 3.8) is 0 Å². The summed E-state index contributed by atoms with van der Waals surface area (Å²) in [5, 5.41) is 4.34. The van der Waals surface area contributed by atoms with E-state index in [1.165, 1.54) is 0 Å². The summed E-state index contributed by atoms with van der Waals surface area (Å²) in [4.78, 5) is 4.37. The van der Waals surface area contributed by atoms with Gasteiger partial charge in [0.05, 0.1) is 22.9 Å². The van der Waals surface area contributed by atoms with Crippen LogP contribution in [0, 0.1) is 0 Å². The SMILES string of the molecule is COCCNCc1coc(-c2cc(Cl)ccc2Cl)n1. The van der Waals surface area contributed by atoms with Gasteiger partial charge in [0.15, 0.2) is 0 Å². The Morgan fingerprint density at radius 3 is 3.00 bits per heavy atom. The molecule has 0 aliphatic carbocycles. The van der Waals surface area contributed by atoms with Crippen molar-refractivity contribution >= 4 is 23.2 Å². The molecule has 0 aliphatic rings. The zero-order chi connectivity index (χ0) is 13.7. The van der Waals surface area contributed by atoms with Gasteiger partial charge >= 0.3 is 0 Å². The number of aromatic nitrogens is 1. The normalized spacial score (nSPS) is 10.9. The Morgan fingerprint density at radius 1 is 1.37 bits per heavy atom.